The second-order valence-corrected chi connectivity index (χ2v) is 4.76. The minimum absolute atomic E-state index is 0.0747. The lowest BCUT2D eigenvalue weighted by molar-refractivity contribution is -0.117. The van der Waals surface area contributed by atoms with E-state index in [9.17, 15) is 9.18 Å². The van der Waals surface area contributed by atoms with Crippen molar-refractivity contribution in [1.29, 1.82) is 0 Å². The third kappa shape index (κ3) is 2.28. The predicted molar refractivity (Wildman–Crippen MR) is 65.6 cm³/mol. The zero-order chi connectivity index (χ0) is 12.6. The van der Waals surface area contributed by atoms with Gasteiger partial charge in [-0.1, -0.05) is 0 Å². The van der Waals surface area contributed by atoms with Crippen LogP contribution in [0.4, 0.5) is 10.1 Å². The summed E-state index contributed by atoms with van der Waals surface area (Å²) in [5.74, 6) is -0.177. The first kappa shape index (κ1) is 12.3. The number of amides is 1. The molecule has 0 saturated carbocycles. The van der Waals surface area contributed by atoms with Crippen LogP contribution in [-0.2, 0) is 4.79 Å². The molecule has 1 aliphatic rings. The van der Waals surface area contributed by atoms with Gasteiger partial charge < -0.3 is 15.4 Å². The maximum absolute atomic E-state index is 13.4. The molecule has 4 nitrogen and oxygen atoms in total. The largest absolute Gasteiger partial charge is 0.494 e. The molecule has 1 saturated heterocycles. The third-order valence-electron chi connectivity index (χ3n) is 2.67. The fraction of sp³-hybridized carbons (Fsp3) is 0.364. The highest BCUT2D eigenvalue weighted by atomic mass is 79.9. The number of ether oxygens (including phenoxy) is 1. The highest BCUT2D eigenvalue weighted by Gasteiger charge is 2.30. The van der Waals surface area contributed by atoms with Crippen LogP contribution in [0.25, 0.3) is 0 Å². The van der Waals surface area contributed by atoms with Crippen molar-refractivity contribution in [2.75, 3.05) is 18.6 Å². The Bertz CT molecular complexity index is 467. The van der Waals surface area contributed by atoms with Gasteiger partial charge in [-0.15, -0.1) is 0 Å². The molecule has 1 fully saturated rings. The van der Waals surface area contributed by atoms with Crippen LogP contribution < -0.4 is 15.4 Å². The Labute approximate surface area is 107 Å². The molecule has 17 heavy (non-hydrogen) atoms. The Morgan fingerprint density at radius 3 is 2.82 bits per heavy atom. The Morgan fingerprint density at radius 1 is 1.59 bits per heavy atom. The predicted octanol–water partition coefficient (Wildman–Crippen LogP) is 1.66. The summed E-state index contributed by atoms with van der Waals surface area (Å²) in [6.07, 6.45) is 0.304. The molecule has 0 radical (unpaired) electrons. The second-order valence-electron chi connectivity index (χ2n) is 3.91. The van der Waals surface area contributed by atoms with Crippen molar-refractivity contribution in [3.8, 4) is 5.75 Å². The number of methoxy groups -OCH3 is 1. The molecule has 1 heterocycles. The van der Waals surface area contributed by atoms with Gasteiger partial charge in [-0.25, -0.2) is 4.39 Å². The van der Waals surface area contributed by atoms with Crippen molar-refractivity contribution in [3.05, 3.63) is 22.4 Å². The first-order valence-electron chi connectivity index (χ1n) is 5.12. The number of nitrogens with two attached hydrogens (primary N) is 1. The molecule has 0 aliphatic carbocycles. The van der Waals surface area contributed by atoms with Gasteiger partial charge in [0.05, 0.1) is 17.3 Å². The molecular weight excluding hydrogens is 291 g/mol. The van der Waals surface area contributed by atoms with Gasteiger partial charge in [0.25, 0.3) is 0 Å². The van der Waals surface area contributed by atoms with E-state index in [1.165, 1.54) is 24.1 Å². The van der Waals surface area contributed by atoms with E-state index in [4.69, 9.17) is 10.5 Å². The molecule has 1 aromatic carbocycles. The van der Waals surface area contributed by atoms with Gasteiger partial charge in [-0.2, -0.15) is 0 Å². The maximum Gasteiger partial charge on any atom is 0.228 e. The average molecular weight is 303 g/mol. The van der Waals surface area contributed by atoms with Crippen molar-refractivity contribution in [2.45, 2.75) is 12.5 Å². The van der Waals surface area contributed by atoms with Gasteiger partial charge in [0.15, 0.2) is 0 Å². The van der Waals surface area contributed by atoms with E-state index in [-0.39, 0.29) is 11.9 Å². The van der Waals surface area contributed by atoms with Gasteiger partial charge >= 0.3 is 0 Å². The minimum atomic E-state index is -0.429. The van der Waals surface area contributed by atoms with Crippen LogP contribution in [-0.4, -0.2) is 25.6 Å². The summed E-state index contributed by atoms with van der Waals surface area (Å²) < 4.78 is 18.7. The Balaban J connectivity index is 2.44. The standard InChI is InChI=1S/C11H12BrFN2O2/c1-17-10-4-8(13)7(12)3-9(10)15-5-6(14)2-11(15)16/h3-4,6H,2,5,14H2,1H3. The molecule has 2 N–H and O–H groups in total. The molecule has 1 unspecified atom stereocenters. The van der Waals surface area contributed by atoms with Crippen LogP contribution in [0.5, 0.6) is 5.75 Å². The van der Waals surface area contributed by atoms with Gasteiger partial charge in [0, 0.05) is 25.1 Å². The molecule has 1 atom stereocenters. The number of carbonyl (C=O) groups excluding carboxylic acids is 1. The first-order chi connectivity index (χ1) is 8.02. The Kier molecular flexibility index (Phi) is 3.35. The zero-order valence-electron chi connectivity index (χ0n) is 9.24. The number of halogens is 2. The van der Waals surface area contributed by atoms with Gasteiger partial charge in [0.2, 0.25) is 5.91 Å². The van der Waals surface area contributed by atoms with Gasteiger partial charge in [-0.3, -0.25) is 4.79 Å². The van der Waals surface area contributed by atoms with Crippen LogP contribution >= 0.6 is 15.9 Å². The van der Waals surface area contributed by atoms with Crippen molar-refractivity contribution in [2.24, 2.45) is 5.73 Å². The molecule has 0 aromatic heterocycles. The van der Waals surface area contributed by atoms with Crippen LogP contribution in [0, 0.1) is 5.82 Å². The zero-order valence-corrected chi connectivity index (χ0v) is 10.8. The monoisotopic (exact) mass is 302 g/mol. The smallest absolute Gasteiger partial charge is 0.228 e. The normalized spacial score (nSPS) is 19.9. The quantitative estimate of drug-likeness (QED) is 0.904. The van der Waals surface area contributed by atoms with E-state index in [2.05, 4.69) is 15.9 Å². The summed E-state index contributed by atoms with van der Waals surface area (Å²) in [5.41, 5.74) is 6.26. The molecule has 2 rings (SSSR count). The number of nitrogens with zero attached hydrogens (tertiary/aromatic N) is 1. The van der Waals surface area contributed by atoms with E-state index < -0.39 is 5.82 Å². The summed E-state index contributed by atoms with van der Waals surface area (Å²) in [5, 5.41) is 0. The molecular formula is C11H12BrFN2O2. The lowest BCUT2D eigenvalue weighted by atomic mass is 10.2. The first-order valence-corrected chi connectivity index (χ1v) is 5.91. The van der Waals surface area contributed by atoms with Crippen LogP contribution in [0.3, 0.4) is 0 Å². The van der Waals surface area contributed by atoms with E-state index in [0.29, 0.717) is 28.9 Å². The van der Waals surface area contributed by atoms with Crippen LogP contribution in [0.15, 0.2) is 16.6 Å². The number of carbonyl (C=O) groups is 1. The fourth-order valence-corrected chi connectivity index (χ4v) is 2.19. The number of anilines is 1. The Morgan fingerprint density at radius 2 is 2.29 bits per heavy atom. The van der Waals surface area contributed by atoms with Gasteiger partial charge in [-0.05, 0) is 22.0 Å². The second kappa shape index (κ2) is 4.62. The summed E-state index contributed by atoms with van der Waals surface area (Å²) in [6.45, 7) is 0.424. The highest BCUT2D eigenvalue weighted by Crippen LogP contribution is 2.35. The van der Waals surface area contributed by atoms with Crippen LogP contribution in [0.2, 0.25) is 0 Å². The Hall–Kier alpha value is -1.14. The summed E-state index contributed by atoms with van der Waals surface area (Å²) in [6, 6.07) is 2.59. The lowest BCUT2D eigenvalue weighted by Gasteiger charge is -2.19. The summed E-state index contributed by atoms with van der Waals surface area (Å²) in [4.78, 5) is 13.3. The maximum atomic E-state index is 13.4. The van der Waals surface area contributed by atoms with E-state index >= 15 is 0 Å². The molecule has 0 bridgehead atoms. The molecule has 1 aromatic rings. The third-order valence-corrected chi connectivity index (χ3v) is 3.28. The van der Waals surface area contributed by atoms with Crippen molar-refractivity contribution in [3.63, 3.8) is 0 Å². The topological polar surface area (TPSA) is 55.6 Å². The van der Waals surface area contributed by atoms with Crippen molar-refractivity contribution >= 4 is 27.5 Å². The average Bonchev–Trinajstić information content (AvgIpc) is 2.61. The van der Waals surface area contributed by atoms with E-state index in [1.807, 2.05) is 0 Å². The molecule has 1 aliphatic heterocycles. The van der Waals surface area contributed by atoms with Crippen molar-refractivity contribution < 1.29 is 13.9 Å². The lowest BCUT2D eigenvalue weighted by Crippen LogP contribution is -2.28. The molecule has 6 heteroatoms. The highest BCUT2D eigenvalue weighted by molar-refractivity contribution is 9.10. The number of hydrogen-bond acceptors (Lipinski definition) is 3. The van der Waals surface area contributed by atoms with E-state index in [0.717, 1.165) is 0 Å². The van der Waals surface area contributed by atoms with E-state index in [1.54, 1.807) is 0 Å². The fourth-order valence-electron chi connectivity index (χ4n) is 1.86. The summed E-state index contributed by atoms with van der Waals surface area (Å²) in [7, 11) is 1.44. The number of hydrogen-bond donors (Lipinski definition) is 1. The van der Waals surface area contributed by atoms with Crippen molar-refractivity contribution in [1.82, 2.24) is 0 Å². The minimum Gasteiger partial charge on any atom is -0.494 e. The summed E-state index contributed by atoms with van der Waals surface area (Å²) >= 11 is 3.09. The molecule has 92 valence electrons. The molecule has 0 spiro atoms. The molecule has 1 amide bonds. The SMILES string of the molecule is COc1cc(F)c(Br)cc1N1CC(N)CC1=O. The number of benzene rings is 1. The van der Waals surface area contributed by atoms with Gasteiger partial charge in [0.1, 0.15) is 11.6 Å². The van der Waals surface area contributed by atoms with Crippen LogP contribution in [0.1, 0.15) is 6.42 Å². The number of rotatable bonds is 2.